The van der Waals surface area contributed by atoms with Crippen molar-refractivity contribution in [2.24, 2.45) is 0 Å². The van der Waals surface area contributed by atoms with E-state index in [1.807, 2.05) is 20.8 Å². The zero-order valence-electron chi connectivity index (χ0n) is 12.3. The molecule has 0 atom stereocenters. The van der Waals surface area contributed by atoms with Crippen LogP contribution >= 0.6 is 0 Å². The number of nitrogens with one attached hydrogen (secondary N) is 1. The number of alkyl halides is 6. The van der Waals surface area contributed by atoms with Gasteiger partial charge in [-0.1, -0.05) is 0 Å². The van der Waals surface area contributed by atoms with Crippen molar-refractivity contribution in [2.45, 2.75) is 76.1 Å². The van der Waals surface area contributed by atoms with Crippen LogP contribution in [0, 0.1) is 0 Å². The SMILES string of the molecule is CC(C)(C)NCCC1(OC(C(F)(F)F)C(F)(F)F)CCC1. The molecule has 1 aliphatic carbocycles. The molecule has 0 unspecified atom stereocenters. The van der Waals surface area contributed by atoms with Gasteiger partial charge in [0.25, 0.3) is 0 Å². The number of hydrogen-bond acceptors (Lipinski definition) is 2. The van der Waals surface area contributed by atoms with Crippen molar-refractivity contribution < 1.29 is 31.1 Å². The van der Waals surface area contributed by atoms with E-state index in [4.69, 9.17) is 0 Å². The second-order valence-electron chi connectivity index (χ2n) is 6.54. The van der Waals surface area contributed by atoms with Crippen LogP contribution in [0.3, 0.4) is 0 Å². The molecule has 0 spiro atoms. The predicted octanol–water partition coefficient (Wildman–Crippen LogP) is 4.20. The van der Waals surface area contributed by atoms with E-state index in [-0.39, 0.29) is 24.8 Å². The van der Waals surface area contributed by atoms with Gasteiger partial charge < -0.3 is 10.1 Å². The van der Waals surface area contributed by atoms with Crippen molar-refractivity contribution in [3.63, 3.8) is 0 Å². The van der Waals surface area contributed by atoms with Gasteiger partial charge in [0, 0.05) is 5.54 Å². The minimum Gasteiger partial charge on any atom is -0.354 e. The summed E-state index contributed by atoms with van der Waals surface area (Å²) < 4.78 is 79.9. The Labute approximate surface area is 120 Å². The van der Waals surface area contributed by atoms with Gasteiger partial charge in [0.2, 0.25) is 6.10 Å². The van der Waals surface area contributed by atoms with Crippen LogP contribution in [0.15, 0.2) is 0 Å². The van der Waals surface area contributed by atoms with Crippen molar-refractivity contribution in [1.29, 1.82) is 0 Å². The lowest BCUT2D eigenvalue weighted by Gasteiger charge is -2.45. The highest BCUT2D eigenvalue weighted by Crippen LogP contribution is 2.45. The minimum atomic E-state index is -5.45. The molecule has 1 saturated carbocycles. The summed E-state index contributed by atoms with van der Waals surface area (Å²) in [7, 11) is 0. The maximum absolute atomic E-state index is 12.6. The molecule has 8 heteroatoms. The Morgan fingerprint density at radius 3 is 1.76 bits per heavy atom. The first-order valence-electron chi connectivity index (χ1n) is 6.82. The number of halogens is 6. The third-order valence-corrected chi connectivity index (χ3v) is 3.46. The van der Waals surface area contributed by atoms with E-state index >= 15 is 0 Å². The first-order chi connectivity index (χ1) is 9.25. The molecule has 0 heterocycles. The summed E-state index contributed by atoms with van der Waals surface area (Å²) >= 11 is 0. The Hall–Kier alpha value is -0.500. The summed E-state index contributed by atoms with van der Waals surface area (Å²) in [6.45, 7) is 5.92. The van der Waals surface area contributed by atoms with Gasteiger partial charge in [-0.05, 0) is 53.0 Å². The molecular formula is C13H21F6NO. The average Bonchev–Trinajstić information content (AvgIpc) is 2.14. The van der Waals surface area contributed by atoms with E-state index in [1.165, 1.54) is 0 Å². The molecule has 0 aromatic rings. The summed E-state index contributed by atoms with van der Waals surface area (Å²) in [6.07, 6.45) is -13.4. The van der Waals surface area contributed by atoms with Crippen molar-refractivity contribution in [2.75, 3.05) is 6.54 Å². The van der Waals surface area contributed by atoms with Gasteiger partial charge in [0.15, 0.2) is 0 Å². The van der Waals surface area contributed by atoms with E-state index in [1.54, 1.807) is 0 Å². The van der Waals surface area contributed by atoms with Gasteiger partial charge in [-0.3, -0.25) is 0 Å². The monoisotopic (exact) mass is 321 g/mol. The topological polar surface area (TPSA) is 21.3 Å². The third-order valence-electron chi connectivity index (χ3n) is 3.46. The fourth-order valence-corrected chi connectivity index (χ4v) is 2.23. The fraction of sp³-hybridized carbons (Fsp3) is 1.00. The highest BCUT2D eigenvalue weighted by Gasteiger charge is 2.61. The number of hydrogen-bond donors (Lipinski definition) is 1. The van der Waals surface area contributed by atoms with Gasteiger partial charge in [0.05, 0.1) is 5.60 Å². The van der Waals surface area contributed by atoms with Gasteiger partial charge in [-0.2, -0.15) is 26.3 Å². The lowest BCUT2D eigenvalue weighted by Crippen LogP contribution is -2.54. The highest BCUT2D eigenvalue weighted by molar-refractivity contribution is 4.94. The molecule has 0 saturated heterocycles. The smallest absolute Gasteiger partial charge is 0.354 e. The summed E-state index contributed by atoms with van der Waals surface area (Å²) in [6, 6.07) is 0. The molecule has 126 valence electrons. The number of rotatable bonds is 5. The second kappa shape index (κ2) is 5.95. The average molecular weight is 321 g/mol. The van der Waals surface area contributed by atoms with Crippen LogP contribution in [0.25, 0.3) is 0 Å². The van der Waals surface area contributed by atoms with Crippen molar-refractivity contribution in [3.8, 4) is 0 Å². The predicted molar refractivity (Wildman–Crippen MR) is 65.9 cm³/mol. The van der Waals surface area contributed by atoms with Crippen molar-refractivity contribution in [3.05, 3.63) is 0 Å². The largest absolute Gasteiger partial charge is 0.423 e. The van der Waals surface area contributed by atoms with Gasteiger partial charge >= 0.3 is 12.4 Å². The molecule has 0 bridgehead atoms. The summed E-state index contributed by atoms with van der Waals surface area (Å²) in [4.78, 5) is 0. The molecule has 21 heavy (non-hydrogen) atoms. The molecule has 1 fully saturated rings. The fourth-order valence-electron chi connectivity index (χ4n) is 2.23. The van der Waals surface area contributed by atoms with Crippen LogP contribution in [0.2, 0.25) is 0 Å². The Morgan fingerprint density at radius 2 is 1.48 bits per heavy atom. The first kappa shape index (κ1) is 18.5. The van der Waals surface area contributed by atoms with Gasteiger partial charge in [-0.15, -0.1) is 0 Å². The lowest BCUT2D eigenvalue weighted by molar-refractivity contribution is -0.353. The van der Waals surface area contributed by atoms with E-state index in [9.17, 15) is 26.3 Å². The zero-order chi connectivity index (χ0) is 16.5. The van der Waals surface area contributed by atoms with Crippen molar-refractivity contribution >= 4 is 0 Å². The van der Waals surface area contributed by atoms with E-state index in [0.29, 0.717) is 13.0 Å². The molecular weight excluding hydrogens is 300 g/mol. The quantitative estimate of drug-likeness (QED) is 0.767. The first-order valence-corrected chi connectivity index (χ1v) is 6.82. The summed E-state index contributed by atoms with van der Waals surface area (Å²) in [5.41, 5.74) is -1.58. The van der Waals surface area contributed by atoms with Crippen LogP contribution in [-0.2, 0) is 4.74 Å². The Bertz CT molecular complexity index is 326. The maximum atomic E-state index is 12.6. The third kappa shape index (κ3) is 5.65. The minimum absolute atomic E-state index is 0.132. The number of ether oxygens (including phenoxy) is 1. The zero-order valence-corrected chi connectivity index (χ0v) is 12.3. The molecule has 0 aromatic carbocycles. The molecule has 1 aliphatic rings. The van der Waals surface area contributed by atoms with E-state index < -0.39 is 24.1 Å². The Morgan fingerprint density at radius 1 is 1.00 bits per heavy atom. The molecule has 0 aromatic heterocycles. The molecule has 0 radical (unpaired) electrons. The molecule has 1 rings (SSSR count). The van der Waals surface area contributed by atoms with Gasteiger partial charge in [-0.25, -0.2) is 0 Å². The standard InChI is InChI=1S/C13H21F6NO/c1-10(2,3)20-8-7-11(5-4-6-11)21-9(12(14,15)16)13(17,18)19/h9,20H,4-8H2,1-3H3. The Balaban J connectivity index is 2.70. The summed E-state index contributed by atoms with van der Waals surface area (Å²) in [5, 5.41) is 3.05. The van der Waals surface area contributed by atoms with Crippen LogP contribution in [0.1, 0.15) is 46.5 Å². The van der Waals surface area contributed by atoms with E-state index in [2.05, 4.69) is 10.1 Å². The summed E-state index contributed by atoms with van der Waals surface area (Å²) in [5.74, 6) is 0. The van der Waals surface area contributed by atoms with Crippen LogP contribution < -0.4 is 5.32 Å². The maximum Gasteiger partial charge on any atom is 0.423 e. The highest BCUT2D eigenvalue weighted by atomic mass is 19.4. The molecule has 0 aliphatic heterocycles. The van der Waals surface area contributed by atoms with Crippen LogP contribution in [-0.4, -0.2) is 36.1 Å². The van der Waals surface area contributed by atoms with Crippen molar-refractivity contribution in [1.82, 2.24) is 5.32 Å². The van der Waals surface area contributed by atoms with Crippen LogP contribution in [0.4, 0.5) is 26.3 Å². The Kier molecular flexibility index (Phi) is 5.25. The molecule has 2 nitrogen and oxygen atoms in total. The van der Waals surface area contributed by atoms with Crippen LogP contribution in [0.5, 0.6) is 0 Å². The lowest BCUT2D eigenvalue weighted by atomic mass is 9.77. The van der Waals surface area contributed by atoms with E-state index in [0.717, 1.165) is 0 Å². The normalized spacial score (nSPS) is 19.7. The van der Waals surface area contributed by atoms with Gasteiger partial charge in [0.1, 0.15) is 0 Å². The molecule has 1 N–H and O–H groups in total. The second-order valence-corrected chi connectivity index (χ2v) is 6.54. The molecule has 0 amide bonds.